The molecule has 1 aromatic rings. The van der Waals surface area contributed by atoms with E-state index in [2.05, 4.69) is 0 Å². The van der Waals surface area contributed by atoms with Gasteiger partial charge in [0.05, 0.1) is 17.4 Å². The monoisotopic (exact) mass is 485 g/mol. The molecule has 0 aromatic heterocycles. The molecule has 4 aliphatic heterocycles. The maximum atomic E-state index is 14.1. The van der Waals surface area contributed by atoms with Gasteiger partial charge in [0.25, 0.3) is 5.91 Å². The Balaban J connectivity index is 1.64. The second-order valence-electron chi connectivity index (χ2n) is 9.55. The van der Waals surface area contributed by atoms with Crippen LogP contribution in [0.4, 0.5) is 5.69 Å². The van der Waals surface area contributed by atoms with Gasteiger partial charge in [0, 0.05) is 44.0 Å². The third-order valence-electron chi connectivity index (χ3n) is 7.45. The fraction of sp³-hybridized carbons (Fsp3) is 0.480. The van der Waals surface area contributed by atoms with E-state index in [-0.39, 0.29) is 30.9 Å². The van der Waals surface area contributed by atoms with Crippen molar-refractivity contribution in [3.8, 4) is 0 Å². The number of hydrogen-bond donors (Lipinski definition) is 1. The summed E-state index contributed by atoms with van der Waals surface area (Å²) < 4.78 is 6.69. The average molecular weight is 486 g/mol. The van der Waals surface area contributed by atoms with Crippen LogP contribution in [0.5, 0.6) is 0 Å². The highest BCUT2D eigenvalue weighted by Gasteiger charge is 2.74. The smallest absolute Gasteiger partial charge is 0.253 e. The fourth-order valence-electron chi connectivity index (χ4n) is 5.98. The summed E-state index contributed by atoms with van der Waals surface area (Å²) in [5.41, 5.74) is -1.66. The molecule has 0 radical (unpaired) electrons. The quantitative estimate of drug-likeness (QED) is 0.655. The molecule has 1 unspecified atom stereocenters. The Morgan fingerprint density at radius 1 is 1.03 bits per heavy atom. The van der Waals surface area contributed by atoms with Crippen LogP contribution in [0.15, 0.2) is 48.6 Å². The third kappa shape index (κ3) is 3.23. The van der Waals surface area contributed by atoms with E-state index in [1.165, 1.54) is 4.90 Å². The molecule has 3 amide bonds. The number of nitrogens with zero attached hydrogens (tertiary/aromatic N) is 3. The summed E-state index contributed by atoms with van der Waals surface area (Å²) >= 11 is 6.05. The number of amides is 3. The van der Waals surface area contributed by atoms with E-state index >= 15 is 0 Å². The zero-order valence-corrected chi connectivity index (χ0v) is 19.9. The SMILES string of the molecule is CN1CC=C[C@@]2(C)O[C@]34C=CCN(c5ccc(Cl)cc5)C(=O)C3N(CCCO)C(=O)[C@@H]4[C@H]2C1=O. The highest BCUT2D eigenvalue weighted by atomic mass is 35.5. The molecule has 5 rings (SSSR count). The van der Waals surface area contributed by atoms with Crippen molar-refractivity contribution >= 4 is 35.0 Å². The molecule has 180 valence electrons. The number of benzene rings is 1. The Kier molecular flexibility index (Phi) is 5.58. The predicted octanol–water partition coefficient (Wildman–Crippen LogP) is 1.62. The van der Waals surface area contributed by atoms with Crippen molar-refractivity contribution in [2.75, 3.05) is 38.2 Å². The Labute approximate surface area is 203 Å². The van der Waals surface area contributed by atoms with Gasteiger partial charge >= 0.3 is 0 Å². The predicted molar refractivity (Wildman–Crippen MR) is 126 cm³/mol. The number of rotatable bonds is 4. The zero-order chi connectivity index (χ0) is 24.3. The van der Waals surface area contributed by atoms with E-state index in [4.69, 9.17) is 16.3 Å². The summed E-state index contributed by atoms with van der Waals surface area (Å²) in [6.07, 6.45) is 7.71. The van der Waals surface area contributed by atoms with Crippen LogP contribution in [0.1, 0.15) is 13.3 Å². The summed E-state index contributed by atoms with van der Waals surface area (Å²) in [5, 5.41) is 10.0. The van der Waals surface area contributed by atoms with Gasteiger partial charge in [0.2, 0.25) is 11.8 Å². The van der Waals surface area contributed by atoms with Crippen molar-refractivity contribution in [1.82, 2.24) is 9.80 Å². The molecule has 5 atom stereocenters. The van der Waals surface area contributed by atoms with Crippen molar-refractivity contribution < 1.29 is 24.2 Å². The van der Waals surface area contributed by atoms with Crippen molar-refractivity contribution in [3.63, 3.8) is 0 Å². The first-order valence-corrected chi connectivity index (χ1v) is 11.9. The normalized spacial score (nSPS) is 34.8. The number of likely N-dealkylation sites (N-methyl/N-ethyl adjacent to an activating group) is 1. The van der Waals surface area contributed by atoms with Crippen LogP contribution < -0.4 is 4.90 Å². The van der Waals surface area contributed by atoms with Crippen LogP contribution in [0.3, 0.4) is 0 Å². The van der Waals surface area contributed by atoms with E-state index in [1.807, 2.05) is 31.2 Å². The standard InChI is InChI=1S/C25H28ClN3O5/c1-24-10-3-12-27(2)21(31)18(24)19-22(32)29(14-5-15-30)20-23(33)28(13-4-11-25(19,20)34-24)17-8-6-16(26)7-9-17/h3-4,6-11,18-20,30H,5,12-15H2,1-2H3/t18-,19-,20?,24+,25-/m0/s1. The summed E-state index contributed by atoms with van der Waals surface area (Å²) in [4.78, 5) is 46.2. The Bertz CT molecular complexity index is 1090. The molecular formula is C25H28ClN3O5. The fourth-order valence-corrected chi connectivity index (χ4v) is 6.10. The van der Waals surface area contributed by atoms with Gasteiger partial charge in [-0.05, 0) is 37.6 Å². The molecule has 2 fully saturated rings. The van der Waals surface area contributed by atoms with Gasteiger partial charge in [-0.25, -0.2) is 0 Å². The number of carbonyl (C=O) groups excluding carboxylic acids is 3. The number of carbonyl (C=O) groups is 3. The number of aliphatic hydroxyl groups excluding tert-OH is 1. The van der Waals surface area contributed by atoms with E-state index < -0.39 is 29.1 Å². The van der Waals surface area contributed by atoms with Gasteiger partial charge in [-0.15, -0.1) is 0 Å². The molecule has 1 aromatic carbocycles. The Morgan fingerprint density at radius 3 is 2.44 bits per heavy atom. The lowest BCUT2D eigenvalue weighted by atomic mass is 9.74. The summed E-state index contributed by atoms with van der Waals surface area (Å²) in [6.45, 7) is 2.62. The average Bonchev–Trinajstić information content (AvgIpc) is 3.08. The molecule has 1 N–H and O–H groups in total. The second-order valence-corrected chi connectivity index (χ2v) is 9.99. The zero-order valence-electron chi connectivity index (χ0n) is 19.2. The highest BCUT2D eigenvalue weighted by molar-refractivity contribution is 6.30. The molecule has 0 aliphatic carbocycles. The number of halogens is 1. The lowest BCUT2D eigenvalue weighted by molar-refractivity contribution is -0.148. The first-order chi connectivity index (χ1) is 16.2. The van der Waals surface area contributed by atoms with Gasteiger partial charge in [0.15, 0.2) is 0 Å². The number of aliphatic hydroxyl groups is 1. The van der Waals surface area contributed by atoms with E-state index in [0.717, 1.165) is 0 Å². The minimum absolute atomic E-state index is 0.120. The molecule has 2 saturated heterocycles. The largest absolute Gasteiger partial charge is 0.396 e. The molecule has 8 nitrogen and oxygen atoms in total. The van der Waals surface area contributed by atoms with Crippen molar-refractivity contribution in [2.45, 2.75) is 30.6 Å². The van der Waals surface area contributed by atoms with E-state index in [9.17, 15) is 19.5 Å². The van der Waals surface area contributed by atoms with Crippen LogP contribution in [0.2, 0.25) is 5.02 Å². The van der Waals surface area contributed by atoms with E-state index in [1.54, 1.807) is 41.1 Å². The molecular weight excluding hydrogens is 458 g/mol. The minimum atomic E-state index is -1.29. The molecule has 0 bridgehead atoms. The molecule has 34 heavy (non-hydrogen) atoms. The van der Waals surface area contributed by atoms with Crippen LogP contribution in [-0.4, -0.2) is 83.2 Å². The molecule has 0 saturated carbocycles. The number of fused-ring (bicyclic) bond motifs is 2. The van der Waals surface area contributed by atoms with Gasteiger partial charge in [-0.1, -0.05) is 35.9 Å². The maximum absolute atomic E-state index is 14.1. The molecule has 9 heteroatoms. The maximum Gasteiger partial charge on any atom is 0.253 e. The minimum Gasteiger partial charge on any atom is -0.396 e. The third-order valence-corrected chi connectivity index (χ3v) is 7.71. The summed E-state index contributed by atoms with van der Waals surface area (Å²) in [7, 11) is 1.71. The Morgan fingerprint density at radius 2 is 1.74 bits per heavy atom. The lowest BCUT2D eigenvalue weighted by Crippen LogP contribution is -2.56. The molecule has 4 heterocycles. The first kappa shape index (κ1) is 23.1. The van der Waals surface area contributed by atoms with Gasteiger partial charge in [-0.2, -0.15) is 0 Å². The van der Waals surface area contributed by atoms with Gasteiger partial charge in [-0.3, -0.25) is 14.4 Å². The number of likely N-dealkylation sites (tertiary alicyclic amines) is 1. The van der Waals surface area contributed by atoms with Crippen LogP contribution in [0.25, 0.3) is 0 Å². The van der Waals surface area contributed by atoms with Crippen LogP contribution in [-0.2, 0) is 19.1 Å². The van der Waals surface area contributed by atoms with Crippen molar-refractivity contribution in [1.29, 1.82) is 0 Å². The summed E-state index contributed by atoms with van der Waals surface area (Å²) in [6, 6.07) is 6.00. The lowest BCUT2D eigenvalue weighted by Gasteiger charge is -2.37. The highest BCUT2D eigenvalue weighted by Crippen LogP contribution is 2.57. The van der Waals surface area contributed by atoms with Crippen LogP contribution >= 0.6 is 11.6 Å². The molecule has 1 spiro atoms. The van der Waals surface area contributed by atoms with E-state index in [0.29, 0.717) is 30.2 Å². The number of hydrogen-bond acceptors (Lipinski definition) is 5. The first-order valence-electron chi connectivity index (χ1n) is 11.5. The summed E-state index contributed by atoms with van der Waals surface area (Å²) in [5.74, 6) is -2.36. The van der Waals surface area contributed by atoms with Crippen LogP contribution in [0, 0.1) is 11.8 Å². The van der Waals surface area contributed by atoms with Crippen molar-refractivity contribution in [3.05, 3.63) is 53.6 Å². The van der Waals surface area contributed by atoms with Crippen molar-refractivity contribution in [2.24, 2.45) is 11.8 Å². The second kappa shape index (κ2) is 8.22. The number of ether oxygens (including phenoxy) is 1. The number of anilines is 1. The van der Waals surface area contributed by atoms with Gasteiger partial charge < -0.3 is 24.5 Å². The van der Waals surface area contributed by atoms with Gasteiger partial charge in [0.1, 0.15) is 11.6 Å². The topological polar surface area (TPSA) is 90.4 Å². The molecule has 4 aliphatic rings. The Hall–Kier alpha value is -2.68.